The Morgan fingerprint density at radius 3 is 2.13 bits per heavy atom. The predicted octanol–water partition coefficient (Wildman–Crippen LogP) is 5.78. The van der Waals surface area contributed by atoms with Crippen LogP contribution in [-0.2, 0) is 9.47 Å². The minimum atomic E-state index is -0.629. The van der Waals surface area contributed by atoms with Crippen molar-refractivity contribution < 1.29 is 23.8 Å². The van der Waals surface area contributed by atoms with E-state index in [2.05, 4.69) is 5.32 Å². The standard InChI is InChI=1S/C23H31N3O5/c1-22(2,3)30-20(27)25-15-9-8-10-16(13-15)29-17-11-12-18(24)19(14-17)26(7)21(28)31-23(4,5)6/h8-14H,24H2,1-7H3,(H,25,27). The number of carbonyl (C=O) groups is 2. The highest BCUT2D eigenvalue weighted by Crippen LogP contribution is 2.32. The first-order valence-corrected chi connectivity index (χ1v) is 9.88. The van der Waals surface area contributed by atoms with Gasteiger partial charge in [-0.05, 0) is 65.8 Å². The Morgan fingerprint density at radius 2 is 1.52 bits per heavy atom. The quantitative estimate of drug-likeness (QED) is 0.597. The van der Waals surface area contributed by atoms with Crippen LogP contribution in [0.2, 0.25) is 0 Å². The van der Waals surface area contributed by atoms with Gasteiger partial charge in [0.2, 0.25) is 0 Å². The summed E-state index contributed by atoms with van der Waals surface area (Å²) in [7, 11) is 1.58. The molecule has 8 heteroatoms. The largest absolute Gasteiger partial charge is 0.457 e. The fourth-order valence-electron chi connectivity index (χ4n) is 2.50. The van der Waals surface area contributed by atoms with E-state index >= 15 is 0 Å². The third kappa shape index (κ3) is 7.73. The van der Waals surface area contributed by atoms with Crippen molar-refractivity contribution in [1.29, 1.82) is 0 Å². The first-order valence-electron chi connectivity index (χ1n) is 9.88. The number of nitrogen functional groups attached to an aromatic ring is 1. The van der Waals surface area contributed by atoms with Crippen LogP contribution in [0.3, 0.4) is 0 Å². The summed E-state index contributed by atoms with van der Waals surface area (Å²) in [4.78, 5) is 25.7. The van der Waals surface area contributed by atoms with E-state index in [4.69, 9.17) is 19.9 Å². The molecule has 0 aliphatic rings. The van der Waals surface area contributed by atoms with E-state index in [1.54, 1.807) is 91.1 Å². The number of hydrogen-bond donors (Lipinski definition) is 2. The number of nitrogens with two attached hydrogens (primary N) is 1. The van der Waals surface area contributed by atoms with Gasteiger partial charge >= 0.3 is 12.2 Å². The molecule has 0 aliphatic heterocycles. The second-order valence-electron chi connectivity index (χ2n) is 9.02. The van der Waals surface area contributed by atoms with Crippen LogP contribution >= 0.6 is 0 Å². The van der Waals surface area contributed by atoms with E-state index in [9.17, 15) is 9.59 Å². The Bertz CT molecular complexity index is 945. The van der Waals surface area contributed by atoms with Gasteiger partial charge < -0.3 is 19.9 Å². The van der Waals surface area contributed by atoms with Crippen molar-refractivity contribution in [3.63, 3.8) is 0 Å². The van der Waals surface area contributed by atoms with Crippen LogP contribution in [0, 0.1) is 0 Å². The number of nitrogens with zero attached hydrogens (tertiary/aromatic N) is 1. The zero-order valence-electron chi connectivity index (χ0n) is 19.1. The summed E-state index contributed by atoms with van der Waals surface area (Å²) in [5.74, 6) is 0.957. The van der Waals surface area contributed by atoms with Crippen molar-refractivity contribution in [2.24, 2.45) is 0 Å². The number of rotatable bonds is 4. The van der Waals surface area contributed by atoms with E-state index in [0.29, 0.717) is 28.6 Å². The lowest BCUT2D eigenvalue weighted by atomic mass is 10.2. The zero-order chi connectivity index (χ0) is 23.4. The molecule has 0 aliphatic carbocycles. The van der Waals surface area contributed by atoms with Crippen LogP contribution in [0.15, 0.2) is 42.5 Å². The van der Waals surface area contributed by atoms with Gasteiger partial charge in [0.25, 0.3) is 0 Å². The number of amides is 2. The van der Waals surface area contributed by atoms with Crippen LogP contribution in [0.4, 0.5) is 26.7 Å². The third-order valence-corrected chi connectivity index (χ3v) is 3.75. The molecule has 0 saturated carbocycles. The third-order valence-electron chi connectivity index (χ3n) is 3.75. The Labute approximate surface area is 183 Å². The van der Waals surface area contributed by atoms with Gasteiger partial charge in [0.1, 0.15) is 22.7 Å². The average molecular weight is 430 g/mol. The summed E-state index contributed by atoms with van der Waals surface area (Å²) in [5, 5.41) is 2.67. The van der Waals surface area contributed by atoms with Gasteiger partial charge in [0.05, 0.1) is 11.4 Å². The number of nitrogens with one attached hydrogen (secondary N) is 1. The minimum absolute atomic E-state index is 0.404. The van der Waals surface area contributed by atoms with Crippen molar-refractivity contribution in [3.05, 3.63) is 42.5 Å². The van der Waals surface area contributed by atoms with Crippen molar-refractivity contribution in [3.8, 4) is 11.5 Å². The molecule has 2 rings (SSSR count). The van der Waals surface area contributed by atoms with Crippen LogP contribution < -0.4 is 20.7 Å². The maximum Gasteiger partial charge on any atom is 0.414 e. The molecule has 2 aromatic carbocycles. The lowest BCUT2D eigenvalue weighted by Crippen LogP contribution is -2.34. The molecule has 2 aromatic rings. The fraction of sp³-hybridized carbons (Fsp3) is 0.391. The molecular weight excluding hydrogens is 398 g/mol. The van der Waals surface area contributed by atoms with Gasteiger partial charge in [-0.3, -0.25) is 10.2 Å². The number of anilines is 3. The summed E-state index contributed by atoms with van der Waals surface area (Å²) < 4.78 is 16.6. The highest BCUT2D eigenvalue weighted by atomic mass is 16.6. The first kappa shape index (κ1) is 23.9. The Kier molecular flexibility index (Phi) is 7.05. The lowest BCUT2D eigenvalue weighted by Gasteiger charge is -2.25. The van der Waals surface area contributed by atoms with Gasteiger partial charge in [-0.2, -0.15) is 0 Å². The van der Waals surface area contributed by atoms with Crippen molar-refractivity contribution >= 4 is 29.2 Å². The Hall–Kier alpha value is -3.42. The molecule has 0 fully saturated rings. The van der Waals surface area contributed by atoms with E-state index in [0.717, 1.165) is 0 Å². The smallest absolute Gasteiger partial charge is 0.414 e. The average Bonchev–Trinajstić information content (AvgIpc) is 2.60. The van der Waals surface area contributed by atoms with E-state index in [1.165, 1.54) is 4.90 Å². The molecule has 0 aromatic heterocycles. The second kappa shape index (κ2) is 9.16. The number of hydrogen-bond acceptors (Lipinski definition) is 6. The zero-order valence-corrected chi connectivity index (χ0v) is 19.1. The Morgan fingerprint density at radius 1 is 0.903 bits per heavy atom. The van der Waals surface area contributed by atoms with Gasteiger partial charge in [0, 0.05) is 24.9 Å². The molecule has 0 heterocycles. The van der Waals surface area contributed by atoms with E-state index in [-0.39, 0.29) is 0 Å². The molecule has 0 spiro atoms. The van der Waals surface area contributed by atoms with Crippen LogP contribution in [0.1, 0.15) is 41.5 Å². The van der Waals surface area contributed by atoms with E-state index in [1.807, 2.05) is 0 Å². The normalized spacial score (nSPS) is 11.5. The summed E-state index contributed by atoms with van der Waals surface area (Å²) in [6, 6.07) is 11.9. The molecule has 0 unspecified atom stereocenters. The highest BCUT2D eigenvalue weighted by molar-refractivity contribution is 5.91. The lowest BCUT2D eigenvalue weighted by molar-refractivity contribution is 0.0587. The molecular formula is C23H31N3O5. The first-order chi connectivity index (χ1) is 14.2. The monoisotopic (exact) mass is 429 g/mol. The number of ether oxygens (including phenoxy) is 3. The minimum Gasteiger partial charge on any atom is -0.457 e. The van der Waals surface area contributed by atoms with Crippen molar-refractivity contribution in [2.75, 3.05) is 23.0 Å². The second-order valence-corrected chi connectivity index (χ2v) is 9.02. The van der Waals surface area contributed by atoms with Gasteiger partial charge in [-0.25, -0.2) is 9.59 Å². The predicted molar refractivity (Wildman–Crippen MR) is 122 cm³/mol. The molecule has 0 radical (unpaired) electrons. The molecule has 0 saturated heterocycles. The molecule has 2 amide bonds. The summed E-state index contributed by atoms with van der Waals surface area (Å²) in [6.07, 6.45) is -1.08. The molecule has 0 atom stereocenters. The van der Waals surface area contributed by atoms with Gasteiger partial charge in [-0.15, -0.1) is 0 Å². The van der Waals surface area contributed by atoms with Crippen LogP contribution in [0.5, 0.6) is 11.5 Å². The van der Waals surface area contributed by atoms with Gasteiger partial charge in [-0.1, -0.05) is 6.07 Å². The summed E-state index contributed by atoms with van der Waals surface area (Å²) >= 11 is 0. The SMILES string of the molecule is CN(C(=O)OC(C)(C)C)c1cc(Oc2cccc(NC(=O)OC(C)(C)C)c2)ccc1N. The van der Waals surface area contributed by atoms with Gasteiger partial charge in [0.15, 0.2) is 0 Å². The molecule has 3 N–H and O–H groups in total. The van der Waals surface area contributed by atoms with Crippen molar-refractivity contribution in [2.45, 2.75) is 52.7 Å². The van der Waals surface area contributed by atoms with E-state index < -0.39 is 23.4 Å². The maximum absolute atomic E-state index is 12.4. The number of benzene rings is 2. The van der Waals surface area contributed by atoms with Crippen LogP contribution in [-0.4, -0.2) is 30.4 Å². The Balaban J connectivity index is 2.16. The fourth-order valence-corrected chi connectivity index (χ4v) is 2.50. The van der Waals surface area contributed by atoms with Crippen LogP contribution in [0.25, 0.3) is 0 Å². The molecule has 0 bridgehead atoms. The molecule has 8 nitrogen and oxygen atoms in total. The maximum atomic E-state index is 12.4. The summed E-state index contributed by atoms with van der Waals surface area (Å²) in [5.41, 5.74) is 6.20. The topological polar surface area (TPSA) is 103 Å². The van der Waals surface area contributed by atoms with Crippen molar-refractivity contribution in [1.82, 2.24) is 0 Å². The molecule has 168 valence electrons. The molecule has 31 heavy (non-hydrogen) atoms. The number of carbonyl (C=O) groups excluding carboxylic acids is 2. The summed E-state index contributed by atoms with van der Waals surface area (Å²) in [6.45, 7) is 10.7. The highest BCUT2D eigenvalue weighted by Gasteiger charge is 2.22.